The highest BCUT2D eigenvalue weighted by Gasteiger charge is 2.35. The molecule has 0 bridgehead atoms. The van der Waals surface area contributed by atoms with E-state index in [0.717, 1.165) is 24.1 Å². The van der Waals surface area contributed by atoms with E-state index in [4.69, 9.17) is 5.73 Å². The number of benzene rings is 8. The summed E-state index contributed by atoms with van der Waals surface area (Å²) in [6.45, 7) is 4.71. The molecule has 9 aromatic rings. The lowest BCUT2D eigenvalue weighted by Crippen LogP contribution is -2.16. The van der Waals surface area contributed by atoms with Crippen LogP contribution in [0.2, 0.25) is 0 Å². The molecule has 0 amide bonds. The number of nitrogens with zero attached hydrogens (tertiary/aromatic N) is 1. The zero-order valence-electron chi connectivity index (χ0n) is 34.1. The number of hydrogen-bond donors (Lipinski definition) is 1. The molecule has 2 aliphatic rings. The molecule has 11 rings (SSSR count). The smallest absolute Gasteiger partial charge is 0.0795 e. The number of hydrogen-bond acceptors (Lipinski definition) is 1. The molecule has 2 aliphatic carbocycles. The molecule has 60 heavy (non-hydrogen) atoms. The highest BCUT2D eigenvalue weighted by molar-refractivity contribution is 6.02. The van der Waals surface area contributed by atoms with Gasteiger partial charge in [0.15, 0.2) is 0 Å². The van der Waals surface area contributed by atoms with Crippen molar-refractivity contribution in [3.05, 3.63) is 234 Å². The SMILES string of the molecule is CC1(C)c2ccccc2-c2ccc(-c3cccc(-c4ccc5c6c(n(C(C=C(N)c7ccc(-c8ccccc8)cc7)c7ccccc7)c5c4)CCc4ccccc4-6)c3)cc21. The number of rotatable bonds is 7. The summed E-state index contributed by atoms with van der Waals surface area (Å²) in [6, 6.07) is 71.0. The van der Waals surface area contributed by atoms with Crippen LogP contribution in [0, 0.1) is 0 Å². The van der Waals surface area contributed by atoms with Crippen molar-refractivity contribution < 1.29 is 0 Å². The zero-order chi connectivity index (χ0) is 40.4. The Morgan fingerprint density at radius 1 is 0.517 bits per heavy atom. The largest absolute Gasteiger partial charge is 0.398 e. The van der Waals surface area contributed by atoms with E-state index in [9.17, 15) is 0 Å². The predicted octanol–water partition coefficient (Wildman–Crippen LogP) is 14.3. The fourth-order valence-electron chi connectivity index (χ4n) is 10.1. The lowest BCUT2D eigenvalue weighted by Gasteiger charge is -2.25. The van der Waals surface area contributed by atoms with Crippen LogP contribution in [0.25, 0.3) is 72.2 Å². The minimum absolute atomic E-state index is 0.0491. The summed E-state index contributed by atoms with van der Waals surface area (Å²) in [5.41, 5.74) is 29.5. The van der Waals surface area contributed by atoms with Crippen LogP contribution in [0.3, 0.4) is 0 Å². The van der Waals surface area contributed by atoms with Gasteiger partial charge in [0.25, 0.3) is 0 Å². The molecule has 0 aliphatic heterocycles. The van der Waals surface area contributed by atoms with Crippen LogP contribution in [-0.4, -0.2) is 4.57 Å². The molecule has 1 unspecified atom stereocenters. The van der Waals surface area contributed by atoms with E-state index in [1.54, 1.807) is 0 Å². The minimum atomic E-state index is -0.128. The van der Waals surface area contributed by atoms with Crippen molar-refractivity contribution >= 4 is 16.6 Å². The first-order valence-corrected chi connectivity index (χ1v) is 21.2. The molecule has 8 aromatic carbocycles. The van der Waals surface area contributed by atoms with Gasteiger partial charge in [0.1, 0.15) is 0 Å². The molecule has 0 radical (unpaired) electrons. The van der Waals surface area contributed by atoms with Crippen molar-refractivity contribution in [2.45, 2.75) is 38.1 Å². The van der Waals surface area contributed by atoms with Gasteiger partial charge in [-0.1, -0.05) is 190 Å². The third-order valence-electron chi connectivity index (χ3n) is 13.2. The van der Waals surface area contributed by atoms with Crippen molar-refractivity contribution in [2.75, 3.05) is 0 Å². The quantitative estimate of drug-likeness (QED) is 0.172. The van der Waals surface area contributed by atoms with Crippen molar-refractivity contribution in [1.82, 2.24) is 4.57 Å². The third kappa shape index (κ3) is 5.94. The molecule has 0 saturated heterocycles. The molecule has 2 heteroatoms. The molecule has 2 N–H and O–H groups in total. The lowest BCUT2D eigenvalue weighted by molar-refractivity contribution is 0.660. The molecule has 0 saturated carbocycles. The monoisotopic (exact) mass is 770 g/mol. The van der Waals surface area contributed by atoms with Crippen LogP contribution in [-0.2, 0) is 18.3 Å². The number of fused-ring (bicyclic) bond motifs is 8. The van der Waals surface area contributed by atoms with Gasteiger partial charge in [-0.2, -0.15) is 0 Å². The maximum absolute atomic E-state index is 7.14. The van der Waals surface area contributed by atoms with Crippen molar-refractivity contribution in [3.63, 3.8) is 0 Å². The second-order valence-electron chi connectivity index (χ2n) is 17.0. The van der Waals surface area contributed by atoms with Crippen molar-refractivity contribution in [2.24, 2.45) is 5.73 Å². The molecular weight excluding hydrogens is 725 g/mol. The van der Waals surface area contributed by atoms with E-state index in [0.29, 0.717) is 0 Å². The summed E-state index contributed by atoms with van der Waals surface area (Å²) in [5, 5.41) is 1.28. The van der Waals surface area contributed by atoms with Gasteiger partial charge >= 0.3 is 0 Å². The number of allylic oxidation sites excluding steroid dienone is 1. The first-order chi connectivity index (χ1) is 29.4. The first kappa shape index (κ1) is 36.0. The fourth-order valence-corrected chi connectivity index (χ4v) is 10.1. The Balaban J connectivity index is 1.05. The average molecular weight is 771 g/mol. The predicted molar refractivity (Wildman–Crippen MR) is 252 cm³/mol. The Morgan fingerprint density at radius 3 is 1.88 bits per heavy atom. The Hall–Kier alpha value is -7.16. The number of aromatic nitrogens is 1. The molecule has 1 heterocycles. The van der Waals surface area contributed by atoms with Crippen LogP contribution in [0.15, 0.2) is 200 Å². The Kier molecular flexibility index (Phi) is 8.56. The average Bonchev–Trinajstić information content (AvgIpc) is 3.76. The van der Waals surface area contributed by atoms with Crippen LogP contribution in [0.1, 0.15) is 53.4 Å². The second-order valence-corrected chi connectivity index (χ2v) is 17.0. The summed E-state index contributed by atoms with van der Waals surface area (Å²) < 4.78 is 2.59. The molecule has 1 aromatic heterocycles. The standard InChI is InChI=1S/C58H46N2/c1-58(2)51-23-12-11-22-48(51)49-31-28-45(35-52(49)58)43-19-13-20-44(34-43)46-29-32-50-56(36-46)60(54-33-30-40-16-9-10-21-47(40)57(50)54)55(42-17-7-4-8-18-42)37-53(59)41-26-24-39(25-27-41)38-14-5-3-6-15-38/h3-29,31-32,34-37,55H,30,33,59H2,1-2H3. The van der Waals surface area contributed by atoms with Gasteiger partial charge in [-0.05, 0) is 115 Å². The first-order valence-electron chi connectivity index (χ1n) is 21.2. The van der Waals surface area contributed by atoms with Crippen LogP contribution >= 0.6 is 0 Å². The van der Waals surface area contributed by atoms with E-state index in [-0.39, 0.29) is 11.5 Å². The molecular formula is C58H46N2. The van der Waals surface area contributed by atoms with Gasteiger partial charge in [0.2, 0.25) is 0 Å². The van der Waals surface area contributed by atoms with Gasteiger partial charge in [0, 0.05) is 27.8 Å². The lowest BCUT2D eigenvalue weighted by atomic mass is 9.81. The summed E-state index contributed by atoms with van der Waals surface area (Å²) in [7, 11) is 0. The summed E-state index contributed by atoms with van der Waals surface area (Å²) >= 11 is 0. The van der Waals surface area contributed by atoms with Crippen molar-refractivity contribution in [1.29, 1.82) is 0 Å². The highest BCUT2D eigenvalue weighted by atomic mass is 15.0. The molecule has 288 valence electrons. The number of aryl methyl sites for hydroxylation is 1. The number of nitrogens with two attached hydrogens (primary N) is 1. The van der Waals surface area contributed by atoms with E-state index < -0.39 is 0 Å². The Labute approximate surface area is 352 Å². The van der Waals surface area contributed by atoms with Gasteiger partial charge < -0.3 is 10.3 Å². The maximum Gasteiger partial charge on any atom is 0.0795 e. The summed E-state index contributed by atoms with van der Waals surface area (Å²) in [5.74, 6) is 0. The zero-order valence-corrected chi connectivity index (χ0v) is 34.1. The second kappa shape index (κ2) is 14.3. The van der Waals surface area contributed by atoms with Crippen molar-refractivity contribution in [3.8, 4) is 55.6 Å². The molecule has 0 spiro atoms. The molecule has 1 atom stereocenters. The minimum Gasteiger partial charge on any atom is -0.398 e. The van der Waals surface area contributed by atoms with Gasteiger partial charge in [-0.25, -0.2) is 0 Å². The third-order valence-corrected chi connectivity index (χ3v) is 13.2. The van der Waals surface area contributed by atoms with E-state index in [1.807, 2.05) is 0 Å². The Bertz CT molecular complexity index is 3110. The summed E-state index contributed by atoms with van der Waals surface area (Å²) in [4.78, 5) is 0. The van der Waals surface area contributed by atoms with E-state index in [2.05, 4.69) is 219 Å². The highest BCUT2D eigenvalue weighted by Crippen LogP contribution is 2.50. The van der Waals surface area contributed by atoms with E-state index >= 15 is 0 Å². The normalized spacial score (nSPS) is 14.3. The Morgan fingerprint density at radius 2 is 1.10 bits per heavy atom. The maximum atomic E-state index is 7.14. The van der Waals surface area contributed by atoms with Crippen LogP contribution in [0.4, 0.5) is 0 Å². The topological polar surface area (TPSA) is 30.9 Å². The van der Waals surface area contributed by atoms with Gasteiger partial charge in [-0.15, -0.1) is 0 Å². The van der Waals surface area contributed by atoms with Crippen LogP contribution in [0.5, 0.6) is 0 Å². The summed E-state index contributed by atoms with van der Waals surface area (Å²) in [6.07, 6.45) is 4.22. The molecule has 2 nitrogen and oxygen atoms in total. The fraction of sp³-hybridized carbons (Fsp3) is 0.103. The molecule has 0 fully saturated rings. The van der Waals surface area contributed by atoms with E-state index in [1.165, 1.54) is 94.5 Å². The van der Waals surface area contributed by atoms with Crippen LogP contribution < -0.4 is 5.73 Å². The van der Waals surface area contributed by atoms with Gasteiger partial charge in [-0.3, -0.25) is 0 Å². The van der Waals surface area contributed by atoms with Gasteiger partial charge in [0.05, 0.1) is 11.6 Å².